The number of carbonyl (C=O) groups excluding carboxylic acids is 1. The maximum absolute atomic E-state index is 12.5. The van der Waals surface area contributed by atoms with Crippen LogP contribution in [-0.4, -0.2) is 56.3 Å². The van der Waals surface area contributed by atoms with Gasteiger partial charge in [-0.15, -0.1) is 0 Å². The third-order valence-corrected chi connectivity index (χ3v) is 6.06. The largest absolute Gasteiger partial charge is 0.495 e. The van der Waals surface area contributed by atoms with E-state index in [1.807, 2.05) is 55.4 Å². The van der Waals surface area contributed by atoms with E-state index >= 15 is 0 Å². The van der Waals surface area contributed by atoms with Crippen molar-refractivity contribution in [2.45, 2.75) is 30.8 Å². The van der Waals surface area contributed by atoms with Crippen LogP contribution in [0.15, 0.2) is 42.5 Å². The van der Waals surface area contributed by atoms with E-state index < -0.39 is 17.5 Å². The number of benzene rings is 2. The minimum Gasteiger partial charge on any atom is -0.495 e. The number of ether oxygens (including phenoxy) is 3. The van der Waals surface area contributed by atoms with Crippen molar-refractivity contribution >= 4 is 23.5 Å². The summed E-state index contributed by atoms with van der Waals surface area (Å²) in [6.07, 6.45) is 1.60. The van der Waals surface area contributed by atoms with Gasteiger partial charge in [0.2, 0.25) is 0 Å². The highest BCUT2D eigenvalue weighted by molar-refractivity contribution is 6.32. The molecule has 1 aliphatic rings. The molecule has 0 saturated carbocycles. The van der Waals surface area contributed by atoms with Crippen molar-refractivity contribution in [3.8, 4) is 11.5 Å². The maximum atomic E-state index is 12.5. The van der Waals surface area contributed by atoms with Crippen LogP contribution in [-0.2, 0) is 19.9 Å². The molecule has 0 aliphatic carbocycles. The molecule has 2 aromatic carbocycles. The molecule has 3 rings (SSSR count). The molecular weight excluding hydrogens is 434 g/mol. The van der Waals surface area contributed by atoms with Crippen molar-refractivity contribution in [2.75, 3.05) is 34.4 Å². The lowest BCUT2D eigenvalue weighted by atomic mass is 9.73. The van der Waals surface area contributed by atoms with Gasteiger partial charge in [-0.05, 0) is 63.7 Å². The standard InChI is InChI=1S/C24H28ClNO6/c1-26(2)13-6-12-24(32-23(29)22(27)28)17(16-9-10-19(25)21(15-16)30-3)11-14-31-20-8-5-4-7-18(20)24/h4-5,7-10,15,17H,6,11-14H2,1-3H3,(H,27,28)/t17-,24-/m0/s1. The molecule has 0 unspecified atom stereocenters. The van der Waals surface area contributed by atoms with Gasteiger partial charge in [0, 0.05) is 11.5 Å². The number of rotatable bonds is 7. The molecule has 1 aliphatic heterocycles. The number of aliphatic carboxylic acids is 1. The van der Waals surface area contributed by atoms with Crippen molar-refractivity contribution in [2.24, 2.45) is 0 Å². The quantitative estimate of drug-likeness (QED) is 0.491. The van der Waals surface area contributed by atoms with Gasteiger partial charge < -0.3 is 24.2 Å². The smallest absolute Gasteiger partial charge is 0.418 e. The number of carbonyl (C=O) groups is 2. The summed E-state index contributed by atoms with van der Waals surface area (Å²) in [6.45, 7) is 1.12. The summed E-state index contributed by atoms with van der Waals surface area (Å²) in [5, 5.41) is 9.84. The van der Waals surface area contributed by atoms with Crippen molar-refractivity contribution in [3.63, 3.8) is 0 Å². The van der Waals surface area contributed by atoms with Crippen LogP contribution in [0.4, 0.5) is 0 Å². The fourth-order valence-corrected chi connectivity index (χ4v) is 4.53. The van der Waals surface area contributed by atoms with Crippen LogP contribution in [0.1, 0.15) is 36.3 Å². The van der Waals surface area contributed by atoms with E-state index in [9.17, 15) is 14.7 Å². The molecular formula is C24H28ClNO6. The Bertz CT molecular complexity index is 979. The summed E-state index contributed by atoms with van der Waals surface area (Å²) in [5.41, 5.74) is 0.247. The molecule has 32 heavy (non-hydrogen) atoms. The Labute approximate surface area is 192 Å². The monoisotopic (exact) mass is 461 g/mol. The van der Waals surface area contributed by atoms with Gasteiger partial charge in [0.1, 0.15) is 17.1 Å². The molecule has 0 amide bonds. The molecule has 0 aromatic heterocycles. The highest BCUT2D eigenvalue weighted by Gasteiger charge is 2.48. The summed E-state index contributed by atoms with van der Waals surface area (Å²) in [6, 6.07) is 12.7. The van der Waals surface area contributed by atoms with Crippen molar-refractivity contribution in [3.05, 3.63) is 58.6 Å². The first-order valence-electron chi connectivity index (χ1n) is 10.4. The first kappa shape index (κ1) is 23.9. The molecule has 2 aromatic rings. The topological polar surface area (TPSA) is 85.3 Å². The van der Waals surface area contributed by atoms with Gasteiger partial charge >= 0.3 is 11.9 Å². The number of para-hydroxylation sites is 1. The second-order valence-corrected chi connectivity index (χ2v) is 8.48. The summed E-state index contributed by atoms with van der Waals surface area (Å²) >= 11 is 6.25. The number of carboxylic acids is 1. The van der Waals surface area contributed by atoms with Crippen LogP contribution in [0.3, 0.4) is 0 Å². The zero-order valence-electron chi connectivity index (χ0n) is 18.5. The summed E-state index contributed by atoms with van der Waals surface area (Å²) in [4.78, 5) is 26.0. The van der Waals surface area contributed by atoms with Crippen LogP contribution in [0.2, 0.25) is 5.02 Å². The summed E-state index contributed by atoms with van der Waals surface area (Å²) in [5.74, 6) is -2.22. The van der Waals surface area contributed by atoms with Gasteiger partial charge in [-0.1, -0.05) is 35.9 Å². The second-order valence-electron chi connectivity index (χ2n) is 8.07. The van der Waals surface area contributed by atoms with E-state index in [4.69, 9.17) is 25.8 Å². The van der Waals surface area contributed by atoms with Gasteiger partial charge in [-0.3, -0.25) is 0 Å². The van der Waals surface area contributed by atoms with E-state index in [0.717, 1.165) is 12.1 Å². The maximum Gasteiger partial charge on any atom is 0.418 e. The SMILES string of the molecule is COc1cc([C@@H]2CCOc3ccccc3[C@@]2(CCCN(C)C)OC(=O)C(=O)O)ccc1Cl. The van der Waals surface area contributed by atoms with Gasteiger partial charge in [0.05, 0.1) is 18.7 Å². The minimum absolute atomic E-state index is 0.372. The highest BCUT2D eigenvalue weighted by Crippen LogP contribution is 2.51. The number of halogens is 1. The molecule has 0 spiro atoms. The Kier molecular flexibility index (Phi) is 7.64. The average molecular weight is 462 g/mol. The van der Waals surface area contributed by atoms with Crippen LogP contribution < -0.4 is 9.47 Å². The molecule has 1 N–H and O–H groups in total. The first-order chi connectivity index (χ1) is 15.3. The molecule has 2 atom stereocenters. The van der Waals surface area contributed by atoms with Crippen LogP contribution >= 0.6 is 11.6 Å². The van der Waals surface area contributed by atoms with Crippen LogP contribution in [0.25, 0.3) is 0 Å². The van der Waals surface area contributed by atoms with Gasteiger partial charge in [-0.25, -0.2) is 9.59 Å². The van der Waals surface area contributed by atoms with E-state index in [0.29, 0.717) is 48.0 Å². The number of hydrogen-bond acceptors (Lipinski definition) is 6. The van der Waals surface area contributed by atoms with Crippen LogP contribution in [0.5, 0.6) is 11.5 Å². The van der Waals surface area contributed by atoms with Crippen molar-refractivity contribution < 1.29 is 28.9 Å². The van der Waals surface area contributed by atoms with E-state index in [2.05, 4.69) is 0 Å². The van der Waals surface area contributed by atoms with E-state index in [-0.39, 0.29) is 5.92 Å². The number of nitrogens with zero attached hydrogens (tertiary/aromatic N) is 1. The minimum atomic E-state index is -1.63. The Morgan fingerprint density at radius 1 is 1.25 bits per heavy atom. The van der Waals surface area contributed by atoms with Crippen molar-refractivity contribution in [1.82, 2.24) is 4.90 Å². The molecule has 0 fully saturated rings. The second kappa shape index (κ2) is 10.2. The van der Waals surface area contributed by atoms with Gasteiger partial charge in [0.15, 0.2) is 0 Å². The fraction of sp³-hybridized carbons (Fsp3) is 0.417. The number of carboxylic acid groups (broad SMARTS) is 1. The average Bonchev–Trinajstić information content (AvgIpc) is 2.91. The summed E-state index contributed by atoms with van der Waals surface area (Å²) < 4.78 is 17.3. The number of hydrogen-bond donors (Lipinski definition) is 1. The molecule has 0 radical (unpaired) electrons. The first-order valence-corrected chi connectivity index (χ1v) is 10.8. The lowest BCUT2D eigenvalue weighted by molar-refractivity contribution is -0.179. The summed E-state index contributed by atoms with van der Waals surface area (Å²) in [7, 11) is 5.45. The molecule has 0 bridgehead atoms. The predicted molar refractivity (Wildman–Crippen MR) is 120 cm³/mol. The Morgan fingerprint density at radius 2 is 2.00 bits per heavy atom. The number of esters is 1. The molecule has 172 valence electrons. The third-order valence-electron chi connectivity index (χ3n) is 5.75. The van der Waals surface area contributed by atoms with E-state index in [1.54, 1.807) is 6.07 Å². The fourth-order valence-electron chi connectivity index (χ4n) is 4.33. The lowest BCUT2D eigenvalue weighted by Crippen LogP contribution is -2.41. The lowest BCUT2D eigenvalue weighted by Gasteiger charge is -2.40. The normalized spacial score (nSPS) is 20.1. The zero-order chi connectivity index (χ0) is 23.3. The molecule has 1 heterocycles. The number of fused-ring (bicyclic) bond motifs is 1. The van der Waals surface area contributed by atoms with Gasteiger partial charge in [-0.2, -0.15) is 0 Å². The van der Waals surface area contributed by atoms with E-state index in [1.165, 1.54) is 7.11 Å². The Hall–Kier alpha value is -2.77. The Morgan fingerprint density at radius 3 is 2.69 bits per heavy atom. The highest BCUT2D eigenvalue weighted by atomic mass is 35.5. The molecule has 0 saturated heterocycles. The Balaban J connectivity index is 2.21. The molecule has 8 heteroatoms. The zero-order valence-corrected chi connectivity index (χ0v) is 19.2. The molecule has 7 nitrogen and oxygen atoms in total. The number of methoxy groups -OCH3 is 1. The van der Waals surface area contributed by atoms with Crippen molar-refractivity contribution in [1.29, 1.82) is 0 Å². The van der Waals surface area contributed by atoms with Gasteiger partial charge in [0.25, 0.3) is 0 Å². The predicted octanol–water partition coefficient (Wildman–Crippen LogP) is 4.08. The van der Waals surface area contributed by atoms with Crippen LogP contribution in [0, 0.1) is 0 Å². The third kappa shape index (κ3) is 5.00.